The van der Waals surface area contributed by atoms with Crippen molar-refractivity contribution >= 4 is 34.4 Å². The predicted octanol–water partition coefficient (Wildman–Crippen LogP) is 4.82. The molecule has 0 unspecified atom stereocenters. The van der Waals surface area contributed by atoms with Crippen LogP contribution in [-0.2, 0) is 4.74 Å². The van der Waals surface area contributed by atoms with E-state index in [4.69, 9.17) is 16.3 Å². The Balaban J connectivity index is 1.62. The molecule has 6 nitrogen and oxygen atoms in total. The number of alkyl halides is 1. The molecule has 2 aromatic heterocycles. The van der Waals surface area contributed by atoms with Crippen molar-refractivity contribution < 1.29 is 13.9 Å². The lowest BCUT2D eigenvalue weighted by Crippen LogP contribution is -2.50. The standard InChI is InChI=1S/C20H26ClFN4O2/c1-19(2,3)28-18(27)26-11-5-7-20(22,13-26)8-10-24-17-14-6-4-9-23-15(14)12-16(21)25-17/h4,6,9,12H,5,7-8,10-11,13H2,1-3H3,(H,24,25)/t20-/m1/s1. The minimum absolute atomic E-state index is 0.0366. The van der Waals surface area contributed by atoms with Crippen LogP contribution in [0.15, 0.2) is 24.4 Å². The summed E-state index contributed by atoms with van der Waals surface area (Å²) in [6.07, 6.45) is 2.50. The number of fused-ring (bicyclic) bond motifs is 1. The molecular weight excluding hydrogens is 383 g/mol. The molecule has 3 rings (SSSR count). The molecule has 1 aliphatic rings. The second-order valence-corrected chi connectivity index (χ2v) is 8.58. The molecular formula is C20H26ClFN4O2. The lowest BCUT2D eigenvalue weighted by molar-refractivity contribution is -0.00663. The number of anilines is 1. The van der Waals surface area contributed by atoms with Crippen LogP contribution >= 0.6 is 11.6 Å². The van der Waals surface area contributed by atoms with Gasteiger partial charge in [0.15, 0.2) is 0 Å². The molecule has 1 fully saturated rings. The zero-order valence-electron chi connectivity index (χ0n) is 16.5. The summed E-state index contributed by atoms with van der Waals surface area (Å²) < 4.78 is 20.7. The molecule has 0 spiro atoms. The van der Waals surface area contributed by atoms with Crippen molar-refractivity contribution in [2.75, 3.05) is 25.0 Å². The molecule has 0 saturated carbocycles. The molecule has 8 heteroatoms. The second-order valence-electron chi connectivity index (χ2n) is 8.20. The number of ether oxygens (including phenoxy) is 1. The number of nitrogens with zero attached hydrogens (tertiary/aromatic N) is 3. The fourth-order valence-electron chi connectivity index (χ4n) is 3.36. The normalized spacial score (nSPS) is 20.2. The molecule has 3 heterocycles. The Labute approximate surface area is 169 Å². The van der Waals surface area contributed by atoms with E-state index in [1.807, 2.05) is 12.1 Å². The zero-order chi connectivity index (χ0) is 20.4. The van der Waals surface area contributed by atoms with Gasteiger partial charge in [0, 0.05) is 37.2 Å². The lowest BCUT2D eigenvalue weighted by atomic mass is 9.91. The largest absolute Gasteiger partial charge is 0.444 e. The average Bonchev–Trinajstić information content (AvgIpc) is 2.60. The maximum absolute atomic E-state index is 15.4. The van der Waals surface area contributed by atoms with Crippen LogP contribution in [0.5, 0.6) is 0 Å². The number of piperidine rings is 1. The minimum Gasteiger partial charge on any atom is -0.444 e. The van der Waals surface area contributed by atoms with Gasteiger partial charge in [-0.15, -0.1) is 0 Å². The number of pyridine rings is 2. The number of hydrogen-bond donors (Lipinski definition) is 1. The third-order valence-electron chi connectivity index (χ3n) is 4.61. The zero-order valence-corrected chi connectivity index (χ0v) is 17.2. The monoisotopic (exact) mass is 408 g/mol. The average molecular weight is 409 g/mol. The SMILES string of the molecule is CC(C)(C)OC(=O)N1CCC[C@@](F)(CCNc2nc(Cl)cc3ncccc23)C1. The third kappa shape index (κ3) is 5.22. The first-order chi connectivity index (χ1) is 13.2. The van der Waals surface area contributed by atoms with Gasteiger partial charge in [-0.3, -0.25) is 4.98 Å². The molecule has 1 amide bonds. The van der Waals surface area contributed by atoms with E-state index in [1.54, 1.807) is 33.0 Å². The molecule has 0 bridgehead atoms. The summed E-state index contributed by atoms with van der Waals surface area (Å²) in [5.41, 5.74) is -1.33. The van der Waals surface area contributed by atoms with Gasteiger partial charge in [-0.25, -0.2) is 14.2 Å². The molecule has 28 heavy (non-hydrogen) atoms. The highest BCUT2D eigenvalue weighted by Crippen LogP contribution is 2.30. The molecule has 1 saturated heterocycles. The summed E-state index contributed by atoms with van der Waals surface area (Å²) in [6, 6.07) is 5.40. The van der Waals surface area contributed by atoms with Crippen LogP contribution in [0.4, 0.5) is 15.0 Å². The van der Waals surface area contributed by atoms with Gasteiger partial charge in [-0.05, 0) is 45.7 Å². The van der Waals surface area contributed by atoms with E-state index in [-0.39, 0.29) is 13.0 Å². The van der Waals surface area contributed by atoms with Gasteiger partial charge in [0.1, 0.15) is 22.2 Å². The number of carbonyl (C=O) groups excluding carboxylic acids is 1. The third-order valence-corrected chi connectivity index (χ3v) is 4.81. The van der Waals surface area contributed by atoms with Crippen molar-refractivity contribution in [3.05, 3.63) is 29.5 Å². The molecule has 0 aliphatic carbocycles. The van der Waals surface area contributed by atoms with Crippen LogP contribution in [0.3, 0.4) is 0 Å². The first kappa shape index (κ1) is 20.6. The quantitative estimate of drug-likeness (QED) is 0.734. The Bertz CT molecular complexity index is 858. The van der Waals surface area contributed by atoms with Crippen LogP contribution in [0.1, 0.15) is 40.0 Å². The Kier molecular flexibility index (Phi) is 5.93. The van der Waals surface area contributed by atoms with Gasteiger partial charge in [-0.2, -0.15) is 0 Å². The van der Waals surface area contributed by atoms with Crippen molar-refractivity contribution in [1.82, 2.24) is 14.9 Å². The van der Waals surface area contributed by atoms with Crippen molar-refractivity contribution in [1.29, 1.82) is 0 Å². The lowest BCUT2D eigenvalue weighted by Gasteiger charge is -2.38. The fourth-order valence-corrected chi connectivity index (χ4v) is 3.55. The van der Waals surface area contributed by atoms with E-state index in [1.165, 1.54) is 4.90 Å². The minimum atomic E-state index is -1.46. The number of nitrogens with one attached hydrogen (secondary N) is 1. The topological polar surface area (TPSA) is 67.3 Å². The molecule has 2 aromatic rings. The van der Waals surface area contributed by atoms with Crippen LogP contribution in [0.2, 0.25) is 5.15 Å². The van der Waals surface area contributed by atoms with Crippen LogP contribution < -0.4 is 5.32 Å². The molecule has 152 valence electrons. The number of hydrogen-bond acceptors (Lipinski definition) is 5. The first-order valence-corrected chi connectivity index (χ1v) is 9.85. The van der Waals surface area contributed by atoms with Gasteiger partial charge in [0.25, 0.3) is 0 Å². The number of rotatable bonds is 4. The number of halogens is 2. The fraction of sp³-hybridized carbons (Fsp3) is 0.550. The van der Waals surface area contributed by atoms with E-state index in [0.29, 0.717) is 36.9 Å². The van der Waals surface area contributed by atoms with Gasteiger partial charge in [-0.1, -0.05) is 11.6 Å². The molecule has 1 aliphatic heterocycles. The van der Waals surface area contributed by atoms with E-state index >= 15 is 4.39 Å². The Morgan fingerprint density at radius 3 is 3.00 bits per heavy atom. The summed E-state index contributed by atoms with van der Waals surface area (Å²) in [6.45, 7) is 6.33. The van der Waals surface area contributed by atoms with E-state index in [9.17, 15) is 4.79 Å². The smallest absolute Gasteiger partial charge is 0.410 e. The highest BCUT2D eigenvalue weighted by atomic mass is 35.5. The van der Waals surface area contributed by atoms with Crippen LogP contribution in [-0.4, -0.2) is 51.9 Å². The Morgan fingerprint density at radius 1 is 1.46 bits per heavy atom. The van der Waals surface area contributed by atoms with Gasteiger partial charge in [0.2, 0.25) is 0 Å². The summed E-state index contributed by atoms with van der Waals surface area (Å²) in [4.78, 5) is 22.3. The van der Waals surface area contributed by atoms with Gasteiger partial charge < -0.3 is 15.0 Å². The maximum Gasteiger partial charge on any atom is 0.410 e. The van der Waals surface area contributed by atoms with Gasteiger partial charge >= 0.3 is 6.09 Å². The highest BCUT2D eigenvalue weighted by molar-refractivity contribution is 6.30. The highest BCUT2D eigenvalue weighted by Gasteiger charge is 2.38. The summed E-state index contributed by atoms with van der Waals surface area (Å²) >= 11 is 6.06. The predicted molar refractivity (Wildman–Crippen MR) is 109 cm³/mol. The Morgan fingerprint density at radius 2 is 2.25 bits per heavy atom. The van der Waals surface area contributed by atoms with E-state index in [0.717, 1.165) is 10.9 Å². The summed E-state index contributed by atoms with van der Waals surface area (Å²) in [5.74, 6) is 0.582. The number of aromatic nitrogens is 2. The van der Waals surface area contributed by atoms with Crippen molar-refractivity contribution in [2.45, 2.75) is 51.3 Å². The first-order valence-electron chi connectivity index (χ1n) is 9.47. The molecule has 0 radical (unpaired) electrons. The number of carbonyl (C=O) groups is 1. The molecule has 1 N–H and O–H groups in total. The van der Waals surface area contributed by atoms with Gasteiger partial charge in [0.05, 0.1) is 12.1 Å². The molecule has 0 aromatic carbocycles. The number of amides is 1. The summed E-state index contributed by atoms with van der Waals surface area (Å²) in [5, 5.41) is 4.34. The van der Waals surface area contributed by atoms with Crippen molar-refractivity contribution in [2.24, 2.45) is 0 Å². The van der Waals surface area contributed by atoms with Crippen LogP contribution in [0.25, 0.3) is 10.9 Å². The van der Waals surface area contributed by atoms with Crippen molar-refractivity contribution in [3.63, 3.8) is 0 Å². The number of likely N-dealkylation sites (tertiary alicyclic amines) is 1. The van der Waals surface area contributed by atoms with Crippen LogP contribution in [0, 0.1) is 0 Å². The summed E-state index contributed by atoms with van der Waals surface area (Å²) in [7, 11) is 0. The Hall–Kier alpha value is -2.15. The molecule has 1 atom stereocenters. The maximum atomic E-state index is 15.4. The van der Waals surface area contributed by atoms with E-state index < -0.39 is 17.4 Å². The van der Waals surface area contributed by atoms with E-state index in [2.05, 4.69) is 15.3 Å². The van der Waals surface area contributed by atoms with Crippen molar-refractivity contribution in [3.8, 4) is 0 Å². The second kappa shape index (κ2) is 8.07.